The number of nitrogens with one attached hydrogen (secondary N) is 2. The molecule has 0 saturated heterocycles. The average molecular weight is 575 g/mol. The first kappa shape index (κ1) is 28.6. The van der Waals surface area contributed by atoms with Crippen LogP contribution in [-0.2, 0) is 4.79 Å². The van der Waals surface area contributed by atoms with Crippen LogP contribution in [0.3, 0.4) is 0 Å². The highest BCUT2D eigenvalue weighted by molar-refractivity contribution is 8.00. The van der Waals surface area contributed by atoms with Crippen LogP contribution < -0.4 is 15.4 Å². The van der Waals surface area contributed by atoms with E-state index in [0.717, 1.165) is 4.90 Å². The van der Waals surface area contributed by atoms with Crippen molar-refractivity contribution in [2.24, 2.45) is 0 Å². The third kappa shape index (κ3) is 7.59. The third-order valence-electron chi connectivity index (χ3n) is 5.71. The van der Waals surface area contributed by atoms with E-state index >= 15 is 0 Å². The van der Waals surface area contributed by atoms with Crippen LogP contribution in [0.25, 0.3) is 6.08 Å². The zero-order chi connectivity index (χ0) is 28.5. The fourth-order valence-electron chi connectivity index (χ4n) is 3.58. The van der Waals surface area contributed by atoms with Gasteiger partial charge in [0.15, 0.2) is 5.78 Å². The minimum Gasteiger partial charge on any atom is -0.497 e. The number of ketones is 1. The van der Waals surface area contributed by atoms with Crippen LogP contribution in [0.2, 0.25) is 5.02 Å². The normalized spacial score (nSPS) is 11.0. The average Bonchev–Trinajstić information content (AvgIpc) is 2.98. The number of carbonyl (C=O) groups is 3. The molecule has 0 unspecified atom stereocenters. The number of thioether (sulfide) groups is 1. The van der Waals surface area contributed by atoms with E-state index in [0.29, 0.717) is 22.6 Å². The molecule has 2 N–H and O–H groups in total. The number of ether oxygens (including phenoxy) is 1. The summed E-state index contributed by atoms with van der Waals surface area (Å²) in [5, 5.41) is 5.36. The lowest BCUT2D eigenvalue weighted by molar-refractivity contribution is -0.113. The lowest BCUT2D eigenvalue weighted by Gasteiger charge is -2.12. The molecule has 0 aliphatic heterocycles. The number of hydrogen-bond acceptors (Lipinski definition) is 5. The zero-order valence-corrected chi connectivity index (χ0v) is 22.9. The van der Waals surface area contributed by atoms with Crippen molar-refractivity contribution in [3.63, 3.8) is 0 Å². The molecule has 4 aromatic carbocycles. The van der Waals surface area contributed by atoms with Gasteiger partial charge in [0.25, 0.3) is 11.8 Å². The molecule has 0 heterocycles. The van der Waals surface area contributed by atoms with Gasteiger partial charge < -0.3 is 15.4 Å². The minimum atomic E-state index is -0.668. The summed E-state index contributed by atoms with van der Waals surface area (Å²) in [6.07, 6.45) is 1.20. The van der Waals surface area contributed by atoms with Gasteiger partial charge in [0.05, 0.1) is 17.9 Å². The van der Waals surface area contributed by atoms with E-state index in [-0.39, 0.29) is 27.8 Å². The smallest absolute Gasteiger partial charge is 0.272 e. The van der Waals surface area contributed by atoms with Crippen LogP contribution in [-0.4, -0.2) is 30.5 Å². The molecule has 9 heteroatoms. The number of amides is 2. The molecular weight excluding hydrogens is 551 g/mol. The zero-order valence-electron chi connectivity index (χ0n) is 21.3. The summed E-state index contributed by atoms with van der Waals surface area (Å²) < 4.78 is 19.6. The Balaban J connectivity index is 1.46. The van der Waals surface area contributed by atoms with Gasteiger partial charge in [-0.3, -0.25) is 14.4 Å². The van der Waals surface area contributed by atoms with Crippen LogP contribution in [0.1, 0.15) is 26.3 Å². The molecule has 0 atom stereocenters. The van der Waals surface area contributed by atoms with Crippen LogP contribution in [0.4, 0.5) is 10.1 Å². The van der Waals surface area contributed by atoms with E-state index < -0.39 is 17.6 Å². The maximum atomic E-state index is 14.5. The van der Waals surface area contributed by atoms with E-state index in [1.807, 2.05) is 0 Å². The maximum absolute atomic E-state index is 14.5. The number of benzene rings is 4. The molecule has 0 bridgehead atoms. The second-order valence-corrected chi connectivity index (χ2v) is 9.89. The van der Waals surface area contributed by atoms with Gasteiger partial charge in [-0.25, -0.2) is 4.39 Å². The van der Waals surface area contributed by atoms with Gasteiger partial charge >= 0.3 is 0 Å². The summed E-state index contributed by atoms with van der Waals surface area (Å²) in [4.78, 5) is 39.3. The molecule has 40 heavy (non-hydrogen) atoms. The number of rotatable bonds is 10. The van der Waals surface area contributed by atoms with Crippen LogP contribution in [0.5, 0.6) is 5.75 Å². The van der Waals surface area contributed by atoms with Gasteiger partial charge in [-0.1, -0.05) is 35.9 Å². The van der Waals surface area contributed by atoms with Crippen molar-refractivity contribution in [1.82, 2.24) is 5.32 Å². The highest BCUT2D eigenvalue weighted by Gasteiger charge is 2.17. The number of methoxy groups -OCH3 is 1. The molecule has 0 saturated carbocycles. The van der Waals surface area contributed by atoms with Gasteiger partial charge in [0.1, 0.15) is 17.3 Å². The van der Waals surface area contributed by atoms with Crippen molar-refractivity contribution in [1.29, 1.82) is 0 Å². The first-order valence-corrected chi connectivity index (χ1v) is 13.4. The van der Waals surface area contributed by atoms with E-state index in [2.05, 4.69) is 10.6 Å². The second kappa shape index (κ2) is 13.6. The Kier molecular flexibility index (Phi) is 9.72. The quantitative estimate of drug-likeness (QED) is 0.123. The van der Waals surface area contributed by atoms with Crippen molar-refractivity contribution in [3.8, 4) is 5.75 Å². The van der Waals surface area contributed by atoms with Crippen molar-refractivity contribution >= 4 is 52.7 Å². The highest BCUT2D eigenvalue weighted by atomic mass is 35.5. The Morgan fingerprint density at radius 2 is 1.57 bits per heavy atom. The molecule has 4 aromatic rings. The van der Waals surface area contributed by atoms with Crippen molar-refractivity contribution in [3.05, 3.63) is 130 Å². The molecule has 6 nitrogen and oxygen atoms in total. The Bertz CT molecular complexity index is 1520. The summed E-state index contributed by atoms with van der Waals surface area (Å²) in [6, 6.07) is 26.3. The topological polar surface area (TPSA) is 84.5 Å². The van der Waals surface area contributed by atoms with Gasteiger partial charge in [-0.15, -0.1) is 11.8 Å². The molecule has 0 aromatic heterocycles. The molecule has 0 radical (unpaired) electrons. The summed E-state index contributed by atoms with van der Waals surface area (Å²) in [5.41, 5.74) is 1.13. The molecule has 0 spiro atoms. The van der Waals surface area contributed by atoms with Gasteiger partial charge in [0.2, 0.25) is 0 Å². The molecule has 0 fully saturated rings. The Hall–Kier alpha value is -4.40. The second-order valence-electron chi connectivity index (χ2n) is 8.43. The van der Waals surface area contributed by atoms with Gasteiger partial charge in [0, 0.05) is 27.3 Å². The maximum Gasteiger partial charge on any atom is 0.272 e. The Morgan fingerprint density at radius 3 is 2.23 bits per heavy atom. The van der Waals surface area contributed by atoms with Crippen molar-refractivity contribution in [2.45, 2.75) is 4.90 Å². The summed E-state index contributed by atoms with van der Waals surface area (Å²) >= 11 is 7.51. The van der Waals surface area contributed by atoms with Crippen molar-refractivity contribution < 1.29 is 23.5 Å². The molecular formula is C31H24ClFN2O4S. The largest absolute Gasteiger partial charge is 0.497 e. The molecule has 202 valence electrons. The molecule has 4 rings (SSSR count). The fourth-order valence-corrected chi connectivity index (χ4v) is 4.59. The van der Waals surface area contributed by atoms with Gasteiger partial charge in [-0.2, -0.15) is 0 Å². The SMILES string of the molecule is COc1ccc(C(=O)CSc2ccc(NC(=O)/C(=C/c3c(F)cccc3Cl)NC(=O)c3ccccc3)cc2)cc1. The number of hydrogen-bond donors (Lipinski definition) is 2. The first-order valence-electron chi connectivity index (χ1n) is 12.1. The fraction of sp³-hybridized carbons (Fsp3) is 0.0645. The summed E-state index contributed by atoms with van der Waals surface area (Å²) in [6.45, 7) is 0. The number of carbonyl (C=O) groups excluding carboxylic acids is 3. The predicted octanol–water partition coefficient (Wildman–Crippen LogP) is 6.87. The minimum absolute atomic E-state index is 0.0271. The highest BCUT2D eigenvalue weighted by Crippen LogP contribution is 2.24. The van der Waals surface area contributed by atoms with E-state index in [1.165, 1.54) is 36.0 Å². The van der Waals surface area contributed by atoms with Crippen molar-refractivity contribution in [2.75, 3.05) is 18.2 Å². The third-order valence-corrected chi connectivity index (χ3v) is 7.05. The molecule has 2 amide bonds. The number of Topliss-reactive ketones (excluding diaryl/α,β-unsaturated/α-hetero) is 1. The Labute approximate surface area is 240 Å². The lowest BCUT2D eigenvalue weighted by Crippen LogP contribution is -2.30. The van der Waals surface area contributed by atoms with E-state index in [9.17, 15) is 18.8 Å². The summed E-state index contributed by atoms with van der Waals surface area (Å²) in [5.74, 6) is -0.962. The standard InChI is InChI=1S/C31H24ClFN2O4S/c1-39-23-14-10-20(11-15-23)29(36)19-40-24-16-12-22(13-17-24)34-31(38)28(18-25-26(32)8-5-9-27(25)33)35-30(37)21-6-3-2-4-7-21/h2-18H,19H2,1H3,(H,34,38)(H,35,37)/b28-18-. The molecule has 0 aliphatic carbocycles. The van der Waals surface area contributed by atoms with Crippen LogP contribution in [0, 0.1) is 5.82 Å². The van der Waals surface area contributed by atoms with E-state index in [4.69, 9.17) is 16.3 Å². The van der Waals surface area contributed by atoms with E-state index in [1.54, 1.807) is 86.0 Å². The first-order chi connectivity index (χ1) is 19.3. The van der Waals surface area contributed by atoms with Gasteiger partial charge in [-0.05, 0) is 78.9 Å². The lowest BCUT2D eigenvalue weighted by atomic mass is 10.1. The summed E-state index contributed by atoms with van der Waals surface area (Å²) in [7, 11) is 1.56. The van der Waals surface area contributed by atoms with Crippen LogP contribution in [0.15, 0.2) is 108 Å². The molecule has 0 aliphatic rings. The number of halogens is 2. The predicted molar refractivity (Wildman–Crippen MR) is 156 cm³/mol. The van der Waals surface area contributed by atoms with Crippen LogP contribution >= 0.6 is 23.4 Å². The monoisotopic (exact) mass is 574 g/mol. The number of anilines is 1. The Morgan fingerprint density at radius 1 is 0.875 bits per heavy atom.